The van der Waals surface area contributed by atoms with Crippen LogP contribution in [-0.4, -0.2) is 61.1 Å². The zero-order valence-corrected chi connectivity index (χ0v) is 10.9. The van der Waals surface area contributed by atoms with Crippen LogP contribution in [0, 0.1) is 0 Å². The summed E-state index contributed by atoms with van der Waals surface area (Å²) in [6.45, 7) is 3.36. The average molecular weight is 264 g/mol. The molecule has 7 heteroatoms. The first-order chi connectivity index (χ1) is 7.76. The highest BCUT2D eigenvalue weighted by Gasteiger charge is 2.39. The third-order valence-corrected chi connectivity index (χ3v) is 4.70. The number of primary amides is 1. The summed E-state index contributed by atoms with van der Waals surface area (Å²) in [5, 5.41) is 9.74. The number of nitrogens with zero attached hydrogens (tertiary/aromatic N) is 1. The molecule has 0 aliphatic carbocycles. The van der Waals surface area contributed by atoms with Gasteiger partial charge in [0.25, 0.3) is 0 Å². The van der Waals surface area contributed by atoms with Gasteiger partial charge in [-0.2, -0.15) is 0 Å². The van der Waals surface area contributed by atoms with Crippen LogP contribution < -0.4 is 5.73 Å². The SMILES string of the molecule is CCC1(O)CN(CCS(=O)(=O)CCC(N)=O)C1. The van der Waals surface area contributed by atoms with Crippen LogP contribution in [0.2, 0.25) is 0 Å². The van der Waals surface area contributed by atoms with E-state index in [1.165, 1.54) is 0 Å². The molecule has 17 heavy (non-hydrogen) atoms. The number of hydrogen-bond acceptors (Lipinski definition) is 5. The van der Waals surface area contributed by atoms with Gasteiger partial charge < -0.3 is 10.8 Å². The predicted octanol–water partition coefficient (Wildman–Crippen LogP) is -1.27. The van der Waals surface area contributed by atoms with E-state index >= 15 is 0 Å². The van der Waals surface area contributed by atoms with E-state index in [4.69, 9.17) is 5.73 Å². The molecule has 0 saturated carbocycles. The van der Waals surface area contributed by atoms with E-state index in [9.17, 15) is 18.3 Å². The van der Waals surface area contributed by atoms with Gasteiger partial charge in [-0.05, 0) is 6.42 Å². The Kier molecular flexibility index (Phi) is 4.51. The van der Waals surface area contributed by atoms with Crippen molar-refractivity contribution in [1.82, 2.24) is 4.90 Å². The zero-order valence-electron chi connectivity index (χ0n) is 10.1. The molecule has 1 heterocycles. The lowest BCUT2D eigenvalue weighted by Crippen LogP contribution is -2.62. The van der Waals surface area contributed by atoms with Crippen LogP contribution in [0.4, 0.5) is 0 Å². The number of amides is 1. The normalized spacial score (nSPS) is 19.9. The topological polar surface area (TPSA) is 101 Å². The summed E-state index contributed by atoms with van der Waals surface area (Å²) < 4.78 is 23.0. The van der Waals surface area contributed by atoms with E-state index in [1.807, 2.05) is 11.8 Å². The van der Waals surface area contributed by atoms with Gasteiger partial charge >= 0.3 is 0 Å². The van der Waals surface area contributed by atoms with Gasteiger partial charge in [-0.3, -0.25) is 9.69 Å². The number of likely N-dealkylation sites (tertiary alicyclic amines) is 1. The van der Waals surface area contributed by atoms with Gasteiger partial charge in [-0.25, -0.2) is 8.42 Å². The van der Waals surface area contributed by atoms with E-state index in [0.29, 0.717) is 26.1 Å². The summed E-state index contributed by atoms with van der Waals surface area (Å²) >= 11 is 0. The molecule has 3 N–H and O–H groups in total. The molecule has 0 unspecified atom stereocenters. The minimum atomic E-state index is -3.22. The number of aliphatic hydroxyl groups is 1. The number of nitrogens with two attached hydrogens (primary N) is 1. The summed E-state index contributed by atoms with van der Waals surface area (Å²) in [5.41, 5.74) is 4.26. The highest BCUT2D eigenvalue weighted by Crippen LogP contribution is 2.23. The molecule has 0 aromatic carbocycles. The summed E-state index contributed by atoms with van der Waals surface area (Å²) in [5.74, 6) is -0.772. The predicted molar refractivity (Wildman–Crippen MR) is 64.1 cm³/mol. The van der Waals surface area contributed by atoms with Crippen molar-refractivity contribution >= 4 is 15.7 Å². The summed E-state index contributed by atoms with van der Waals surface area (Å²) in [4.78, 5) is 12.4. The van der Waals surface area contributed by atoms with Gasteiger partial charge in [0.15, 0.2) is 9.84 Å². The van der Waals surface area contributed by atoms with Gasteiger partial charge in [-0.15, -0.1) is 0 Å². The van der Waals surface area contributed by atoms with Crippen LogP contribution in [-0.2, 0) is 14.6 Å². The smallest absolute Gasteiger partial charge is 0.218 e. The van der Waals surface area contributed by atoms with Crippen molar-refractivity contribution in [2.24, 2.45) is 5.73 Å². The van der Waals surface area contributed by atoms with Crippen molar-refractivity contribution in [3.05, 3.63) is 0 Å². The first kappa shape index (κ1) is 14.4. The van der Waals surface area contributed by atoms with Crippen LogP contribution in [0.15, 0.2) is 0 Å². The van der Waals surface area contributed by atoms with Crippen LogP contribution in [0.3, 0.4) is 0 Å². The zero-order chi connectivity index (χ0) is 13.1. The van der Waals surface area contributed by atoms with Crippen molar-refractivity contribution < 1.29 is 18.3 Å². The Bertz CT molecular complexity index is 374. The number of hydrogen-bond donors (Lipinski definition) is 2. The maximum Gasteiger partial charge on any atom is 0.218 e. The number of carbonyl (C=O) groups is 1. The lowest BCUT2D eigenvalue weighted by atomic mass is 9.92. The monoisotopic (exact) mass is 264 g/mol. The highest BCUT2D eigenvalue weighted by molar-refractivity contribution is 7.91. The van der Waals surface area contributed by atoms with Crippen molar-refractivity contribution in [2.75, 3.05) is 31.1 Å². The van der Waals surface area contributed by atoms with Crippen LogP contribution >= 0.6 is 0 Å². The summed E-state index contributed by atoms with van der Waals surface area (Å²) in [7, 11) is -3.22. The molecule has 0 atom stereocenters. The van der Waals surface area contributed by atoms with E-state index in [2.05, 4.69) is 0 Å². The van der Waals surface area contributed by atoms with Crippen molar-refractivity contribution in [3.63, 3.8) is 0 Å². The second kappa shape index (κ2) is 5.32. The van der Waals surface area contributed by atoms with Gasteiger partial charge in [0.05, 0.1) is 17.1 Å². The third kappa shape index (κ3) is 4.61. The second-order valence-corrected chi connectivity index (χ2v) is 6.96. The van der Waals surface area contributed by atoms with Gasteiger partial charge in [0, 0.05) is 26.1 Å². The molecule has 0 radical (unpaired) electrons. The van der Waals surface area contributed by atoms with E-state index in [0.717, 1.165) is 0 Å². The van der Waals surface area contributed by atoms with Gasteiger partial charge in [0.1, 0.15) is 0 Å². The Morgan fingerprint density at radius 2 is 2.00 bits per heavy atom. The Labute approximate surface area is 102 Å². The lowest BCUT2D eigenvalue weighted by molar-refractivity contribution is -0.117. The molecular formula is C10H20N2O4S. The largest absolute Gasteiger partial charge is 0.387 e. The molecule has 6 nitrogen and oxygen atoms in total. The fraction of sp³-hybridized carbons (Fsp3) is 0.900. The molecule has 1 fully saturated rings. The molecule has 100 valence electrons. The van der Waals surface area contributed by atoms with E-state index in [1.54, 1.807) is 0 Å². The van der Waals surface area contributed by atoms with Gasteiger partial charge in [-0.1, -0.05) is 6.92 Å². The highest BCUT2D eigenvalue weighted by atomic mass is 32.2. The van der Waals surface area contributed by atoms with E-state index < -0.39 is 21.3 Å². The first-order valence-electron chi connectivity index (χ1n) is 5.70. The summed E-state index contributed by atoms with van der Waals surface area (Å²) in [6.07, 6.45) is 0.555. The maximum absolute atomic E-state index is 11.5. The number of β-amino-alcohol motifs (C(OH)–C–C–N with tert-alkyl or cyclic N) is 1. The van der Waals surface area contributed by atoms with Crippen LogP contribution in [0.5, 0.6) is 0 Å². The molecule has 1 saturated heterocycles. The number of carbonyl (C=O) groups excluding carboxylic acids is 1. The first-order valence-corrected chi connectivity index (χ1v) is 7.52. The Morgan fingerprint density at radius 1 is 1.41 bits per heavy atom. The molecule has 1 aliphatic rings. The molecular weight excluding hydrogens is 244 g/mol. The fourth-order valence-electron chi connectivity index (χ4n) is 1.79. The van der Waals surface area contributed by atoms with Gasteiger partial charge in [0.2, 0.25) is 5.91 Å². The molecule has 0 spiro atoms. The van der Waals surface area contributed by atoms with Crippen molar-refractivity contribution in [1.29, 1.82) is 0 Å². The molecule has 0 aromatic rings. The lowest BCUT2D eigenvalue weighted by Gasteiger charge is -2.46. The number of rotatable bonds is 7. The van der Waals surface area contributed by atoms with Crippen LogP contribution in [0.1, 0.15) is 19.8 Å². The fourth-order valence-corrected chi connectivity index (χ4v) is 3.05. The number of sulfone groups is 1. The molecule has 1 rings (SSSR count). The van der Waals surface area contributed by atoms with Crippen molar-refractivity contribution in [2.45, 2.75) is 25.4 Å². The minimum Gasteiger partial charge on any atom is -0.387 e. The molecule has 1 amide bonds. The maximum atomic E-state index is 11.5. The summed E-state index contributed by atoms with van der Waals surface area (Å²) in [6, 6.07) is 0. The second-order valence-electron chi connectivity index (χ2n) is 4.66. The Hall–Kier alpha value is -0.660. The third-order valence-electron chi connectivity index (χ3n) is 3.07. The molecule has 1 aliphatic heterocycles. The quantitative estimate of drug-likeness (QED) is 0.597. The Morgan fingerprint density at radius 3 is 2.47 bits per heavy atom. The minimum absolute atomic E-state index is 0.0140. The van der Waals surface area contributed by atoms with Crippen LogP contribution in [0.25, 0.3) is 0 Å². The molecule has 0 bridgehead atoms. The molecule has 0 aromatic heterocycles. The van der Waals surface area contributed by atoms with E-state index in [-0.39, 0.29) is 17.9 Å². The van der Waals surface area contributed by atoms with Crippen molar-refractivity contribution in [3.8, 4) is 0 Å². The average Bonchev–Trinajstić information content (AvgIpc) is 2.20. The Balaban J connectivity index is 2.25. The standard InChI is InChI=1S/C10H20N2O4S/c1-2-10(14)7-12(8-10)4-6-17(15,16)5-3-9(11)13/h14H,2-8H2,1H3,(H2,11,13).